The fourth-order valence-electron chi connectivity index (χ4n) is 1.60. The largest absolute Gasteiger partial charge is 0.381 e. The Hall–Kier alpha value is -1.12. The van der Waals surface area contributed by atoms with E-state index in [1.807, 2.05) is 6.07 Å². The molecule has 0 aliphatic carbocycles. The summed E-state index contributed by atoms with van der Waals surface area (Å²) in [5, 5.41) is 11.1. The SMILES string of the molecule is CCCC(CCC)Nc1ccnnc1. The molecule has 0 saturated carbocycles. The summed E-state index contributed by atoms with van der Waals surface area (Å²) in [7, 11) is 0. The van der Waals surface area contributed by atoms with E-state index in [0.717, 1.165) is 5.69 Å². The second-order valence-corrected chi connectivity index (χ2v) is 3.55. The lowest BCUT2D eigenvalue weighted by Crippen LogP contribution is -2.18. The highest BCUT2D eigenvalue weighted by Gasteiger charge is 2.05. The number of anilines is 1. The summed E-state index contributed by atoms with van der Waals surface area (Å²) >= 11 is 0. The van der Waals surface area contributed by atoms with Crippen LogP contribution in [0.5, 0.6) is 0 Å². The van der Waals surface area contributed by atoms with E-state index in [1.165, 1.54) is 25.7 Å². The van der Waals surface area contributed by atoms with Crippen molar-refractivity contribution >= 4 is 5.69 Å². The van der Waals surface area contributed by atoms with Crippen LogP contribution < -0.4 is 5.32 Å². The molecule has 0 amide bonds. The van der Waals surface area contributed by atoms with Gasteiger partial charge in [0, 0.05) is 6.04 Å². The number of hydrogen-bond donors (Lipinski definition) is 1. The zero-order valence-corrected chi connectivity index (χ0v) is 9.03. The fourth-order valence-corrected chi connectivity index (χ4v) is 1.60. The predicted octanol–water partition coefficient (Wildman–Crippen LogP) is 2.86. The van der Waals surface area contributed by atoms with Crippen LogP contribution in [0.3, 0.4) is 0 Å². The lowest BCUT2D eigenvalue weighted by molar-refractivity contribution is 0.586. The van der Waals surface area contributed by atoms with Crippen molar-refractivity contribution in [3.63, 3.8) is 0 Å². The average molecular weight is 193 g/mol. The van der Waals surface area contributed by atoms with E-state index < -0.39 is 0 Å². The maximum absolute atomic E-state index is 3.85. The number of nitrogens with zero attached hydrogens (tertiary/aromatic N) is 2. The van der Waals surface area contributed by atoms with Crippen molar-refractivity contribution < 1.29 is 0 Å². The molecule has 0 atom stereocenters. The van der Waals surface area contributed by atoms with Crippen molar-refractivity contribution in [2.45, 2.75) is 45.6 Å². The van der Waals surface area contributed by atoms with Gasteiger partial charge in [-0.2, -0.15) is 10.2 Å². The Kier molecular flexibility index (Phi) is 4.97. The van der Waals surface area contributed by atoms with Crippen molar-refractivity contribution in [2.75, 3.05) is 5.32 Å². The molecule has 0 aromatic carbocycles. The first kappa shape index (κ1) is 11.0. The van der Waals surface area contributed by atoms with E-state index in [4.69, 9.17) is 0 Å². The quantitative estimate of drug-likeness (QED) is 0.755. The van der Waals surface area contributed by atoms with Gasteiger partial charge in [0.1, 0.15) is 0 Å². The van der Waals surface area contributed by atoms with Gasteiger partial charge in [-0.1, -0.05) is 26.7 Å². The van der Waals surface area contributed by atoms with E-state index >= 15 is 0 Å². The Labute approximate surface area is 85.9 Å². The van der Waals surface area contributed by atoms with Crippen LogP contribution in [0.25, 0.3) is 0 Å². The van der Waals surface area contributed by atoms with Gasteiger partial charge in [-0.15, -0.1) is 0 Å². The molecule has 1 aromatic rings. The molecule has 0 saturated heterocycles. The lowest BCUT2D eigenvalue weighted by Gasteiger charge is -2.17. The van der Waals surface area contributed by atoms with E-state index in [9.17, 15) is 0 Å². The number of rotatable bonds is 6. The molecule has 0 spiro atoms. The minimum absolute atomic E-state index is 0.578. The van der Waals surface area contributed by atoms with E-state index in [0.29, 0.717) is 6.04 Å². The average Bonchev–Trinajstić information content (AvgIpc) is 2.20. The first-order valence-corrected chi connectivity index (χ1v) is 5.40. The molecule has 0 radical (unpaired) electrons. The lowest BCUT2D eigenvalue weighted by atomic mass is 10.1. The Morgan fingerprint density at radius 2 is 1.93 bits per heavy atom. The second-order valence-electron chi connectivity index (χ2n) is 3.55. The highest BCUT2D eigenvalue weighted by Crippen LogP contribution is 2.12. The molecule has 1 N–H and O–H groups in total. The minimum Gasteiger partial charge on any atom is -0.381 e. The summed E-state index contributed by atoms with van der Waals surface area (Å²) in [6.45, 7) is 4.43. The Bertz CT molecular complexity index is 230. The number of hydrogen-bond acceptors (Lipinski definition) is 3. The third-order valence-electron chi connectivity index (χ3n) is 2.23. The first-order valence-electron chi connectivity index (χ1n) is 5.40. The summed E-state index contributed by atoms with van der Waals surface area (Å²) in [6, 6.07) is 2.54. The van der Waals surface area contributed by atoms with Crippen LogP contribution in [0.15, 0.2) is 18.5 Å². The van der Waals surface area contributed by atoms with Crippen molar-refractivity contribution in [3.05, 3.63) is 18.5 Å². The number of nitrogens with one attached hydrogen (secondary N) is 1. The van der Waals surface area contributed by atoms with E-state index in [2.05, 4.69) is 29.4 Å². The molecule has 3 nitrogen and oxygen atoms in total. The molecule has 1 aromatic heterocycles. The van der Waals surface area contributed by atoms with E-state index in [1.54, 1.807) is 12.4 Å². The van der Waals surface area contributed by atoms with Crippen LogP contribution in [-0.2, 0) is 0 Å². The third-order valence-corrected chi connectivity index (χ3v) is 2.23. The summed E-state index contributed by atoms with van der Waals surface area (Å²) < 4.78 is 0. The smallest absolute Gasteiger partial charge is 0.0727 e. The molecule has 0 bridgehead atoms. The first-order chi connectivity index (χ1) is 6.86. The monoisotopic (exact) mass is 193 g/mol. The maximum Gasteiger partial charge on any atom is 0.0727 e. The van der Waals surface area contributed by atoms with Gasteiger partial charge in [-0.25, -0.2) is 0 Å². The normalized spacial score (nSPS) is 10.5. The van der Waals surface area contributed by atoms with Gasteiger partial charge in [0.2, 0.25) is 0 Å². The molecule has 0 aliphatic heterocycles. The minimum atomic E-state index is 0.578. The van der Waals surface area contributed by atoms with Crippen LogP contribution in [0.4, 0.5) is 5.69 Å². The standard InChI is InChI=1S/C11H19N3/c1-3-5-10(6-4-2)14-11-7-8-12-13-9-11/h7-10H,3-6H2,1-2H3,(H,12,14). The predicted molar refractivity (Wildman–Crippen MR) is 59.3 cm³/mol. The topological polar surface area (TPSA) is 37.8 Å². The summed E-state index contributed by atoms with van der Waals surface area (Å²) in [5.41, 5.74) is 1.08. The summed E-state index contributed by atoms with van der Waals surface area (Å²) in [4.78, 5) is 0. The molecule has 78 valence electrons. The fraction of sp³-hybridized carbons (Fsp3) is 0.636. The molecule has 0 aliphatic rings. The molecule has 1 heterocycles. The van der Waals surface area contributed by atoms with Gasteiger partial charge in [0.15, 0.2) is 0 Å². The molecule has 3 heteroatoms. The molecule has 1 rings (SSSR count). The second kappa shape index (κ2) is 6.35. The molecule has 0 fully saturated rings. The summed E-state index contributed by atoms with van der Waals surface area (Å²) in [5.74, 6) is 0. The van der Waals surface area contributed by atoms with Gasteiger partial charge >= 0.3 is 0 Å². The zero-order chi connectivity index (χ0) is 10.2. The highest BCUT2D eigenvalue weighted by atomic mass is 15.1. The van der Waals surface area contributed by atoms with Crippen LogP contribution in [0.2, 0.25) is 0 Å². The van der Waals surface area contributed by atoms with Crippen LogP contribution in [0, 0.1) is 0 Å². The van der Waals surface area contributed by atoms with Crippen molar-refractivity contribution in [3.8, 4) is 0 Å². The zero-order valence-electron chi connectivity index (χ0n) is 9.03. The Morgan fingerprint density at radius 3 is 2.43 bits per heavy atom. The Morgan fingerprint density at radius 1 is 1.21 bits per heavy atom. The Balaban J connectivity index is 2.46. The molecule has 14 heavy (non-hydrogen) atoms. The highest BCUT2D eigenvalue weighted by molar-refractivity contribution is 5.39. The number of aromatic nitrogens is 2. The maximum atomic E-state index is 3.85. The molecular formula is C11H19N3. The van der Waals surface area contributed by atoms with Crippen molar-refractivity contribution in [1.29, 1.82) is 0 Å². The van der Waals surface area contributed by atoms with Crippen LogP contribution >= 0.6 is 0 Å². The van der Waals surface area contributed by atoms with Gasteiger partial charge in [-0.05, 0) is 18.9 Å². The van der Waals surface area contributed by atoms with Crippen molar-refractivity contribution in [2.24, 2.45) is 0 Å². The third kappa shape index (κ3) is 3.73. The van der Waals surface area contributed by atoms with Crippen LogP contribution in [0.1, 0.15) is 39.5 Å². The molecular weight excluding hydrogens is 174 g/mol. The van der Waals surface area contributed by atoms with Crippen molar-refractivity contribution in [1.82, 2.24) is 10.2 Å². The summed E-state index contributed by atoms with van der Waals surface area (Å²) in [6.07, 6.45) is 8.37. The van der Waals surface area contributed by atoms with Gasteiger partial charge in [0.05, 0.1) is 18.1 Å². The van der Waals surface area contributed by atoms with Gasteiger partial charge < -0.3 is 5.32 Å². The van der Waals surface area contributed by atoms with Gasteiger partial charge in [-0.3, -0.25) is 0 Å². The molecule has 0 unspecified atom stereocenters. The van der Waals surface area contributed by atoms with Gasteiger partial charge in [0.25, 0.3) is 0 Å². The van der Waals surface area contributed by atoms with Crippen LogP contribution in [-0.4, -0.2) is 16.2 Å². The van der Waals surface area contributed by atoms with E-state index in [-0.39, 0.29) is 0 Å².